The summed E-state index contributed by atoms with van der Waals surface area (Å²) in [5.41, 5.74) is 13.3. The van der Waals surface area contributed by atoms with Crippen molar-refractivity contribution in [3.05, 3.63) is 59.8 Å². The van der Waals surface area contributed by atoms with Gasteiger partial charge in [0.15, 0.2) is 0 Å². The molecule has 1 aliphatic carbocycles. The van der Waals surface area contributed by atoms with E-state index >= 15 is 0 Å². The summed E-state index contributed by atoms with van der Waals surface area (Å²) < 4.78 is 0. The third kappa shape index (κ3) is 2.35. The number of nitrogens with two attached hydrogens (primary N) is 1. The van der Waals surface area contributed by atoms with Gasteiger partial charge in [0.05, 0.1) is 16.9 Å². The van der Waals surface area contributed by atoms with Crippen LogP contribution in [0.15, 0.2) is 48.5 Å². The quantitative estimate of drug-likeness (QED) is 0.633. The molecule has 0 bridgehead atoms. The van der Waals surface area contributed by atoms with Crippen LogP contribution in [0.1, 0.15) is 31.5 Å². The summed E-state index contributed by atoms with van der Waals surface area (Å²) in [4.78, 5) is 4.86. The summed E-state index contributed by atoms with van der Waals surface area (Å²) in [6, 6.07) is 16.7. The number of hydrogen-bond donors (Lipinski definition) is 1. The van der Waals surface area contributed by atoms with Crippen molar-refractivity contribution < 1.29 is 0 Å². The van der Waals surface area contributed by atoms with E-state index in [1.165, 1.54) is 11.1 Å². The molecular formula is C20H22N2. The summed E-state index contributed by atoms with van der Waals surface area (Å²) in [5, 5.41) is 1.06. The average Bonchev–Trinajstić information content (AvgIpc) is 2.76. The van der Waals surface area contributed by atoms with Gasteiger partial charge in [0.1, 0.15) is 0 Å². The van der Waals surface area contributed by atoms with E-state index in [4.69, 9.17) is 10.7 Å². The zero-order valence-corrected chi connectivity index (χ0v) is 13.3. The van der Waals surface area contributed by atoms with E-state index in [0.717, 1.165) is 47.1 Å². The van der Waals surface area contributed by atoms with E-state index in [-0.39, 0.29) is 0 Å². The Morgan fingerprint density at radius 2 is 1.64 bits per heavy atom. The molecule has 1 aliphatic rings. The summed E-state index contributed by atoms with van der Waals surface area (Å²) in [6.07, 6.45) is 3.23. The number of anilines is 1. The molecule has 0 aliphatic heterocycles. The third-order valence-corrected chi connectivity index (χ3v) is 4.15. The molecule has 2 N–H and O–H groups in total. The number of nitrogen functional groups attached to an aromatic ring is 1. The number of nitrogens with zero attached hydrogens (tertiary/aromatic N) is 1. The van der Waals surface area contributed by atoms with Gasteiger partial charge in [-0.25, -0.2) is 0 Å². The van der Waals surface area contributed by atoms with E-state index in [1.807, 2.05) is 32.0 Å². The van der Waals surface area contributed by atoms with Crippen molar-refractivity contribution in [3.63, 3.8) is 0 Å². The van der Waals surface area contributed by atoms with Crippen LogP contribution in [0.25, 0.3) is 22.0 Å². The smallest absolute Gasteiger partial charge is 0.0726 e. The first-order chi connectivity index (χ1) is 10.8. The number of benzene rings is 2. The van der Waals surface area contributed by atoms with E-state index in [1.54, 1.807) is 0 Å². The van der Waals surface area contributed by atoms with Gasteiger partial charge in [0.2, 0.25) is 0 Å². The fourth-order valence-electron chi connectivity index (χ4n) is 3.20. The number of rotatable bonds is 0. The summed E-state index contributed by atoms with van der Waals surface area (Å²) in [7, 11) is 0. The molecule has 4 rings (SSSR count). The highest BCUT2D eigenvalue weighted by molar-refractivity contribution is 5.99. The van der Waals surface area contributed by atoms with Crippen molar-refractivity contribution in [1.29, 1.82) is 0 Å². The van der Waals surface area contributed by atoms with Crippen LogP contribution < -0.4 is 5.73 Å². The molecule has 1 aromatic heterocycles. The summed E-state index contributed by atoms with van der Waals surface area (Å²) >= 11 is 0. The first-order valence-corrected chi connectivity index (χ1v) is 8.10. The largest absolute Gasteiger partial charge is 0.398 e. The fourth-order valence-corrected chi connectivity index (χ4v) is 3.20. The van der Waals surface area contributed by atoms with Crippen LogP contribution in [-0.4, -0.2) is 4.98 Å². The van der Waals surface area contributed by atoms with E-state index in [0.29, 0.717) is 0 Å². The highest BCUT2D eigenvalue weighted by Crippen LogP contribution is 2.38. The Morgan fingerprint density at radius 3 is 2.50 bits per heavy atom. The van der Waals surface area contributed by atoms with Crippen molar-refractivity contribution in [2.45, 2.75) is 33.1 Å². The van der Waals surface area contributed by atoms with Crippen LogP contribution in [0.5, 0.6) is 0 Å². The maximum Gasteiger partial charge on any atom is 0.0726 e. The summed E-state index contributed by atoms with van der Waals surface area (Å²) in [5.74, 6) is 0. The van der Waals surface area contributed by atoms with Gasteiger partial charge in [-0.1, -0.05) is 56.3 Å². The van der Waals surface area contributed by atoms with Crippen molar-refractivity contribution in [1.82, 2.24) is 4.98 Å². The molecule has 0 atom stereocenters. The molecule has 0 saturated heterocycles. The van der Waals surface area contributed by atoms with Crippen molar-refractivity contribution in [2.24, 2.45) is 0 Å². The normalized spacial score (nSPS) is 12.6. The Hall–Kier alpha value is -2.35. The van der Waals surface area contributed by atoms with Gasteiger partial charge in [-0.15, -0.1) is 0 Å². The number of fused-ring (bicyclic) bond motifs is 4. The van der Waals surface area contributed by atoms with Gasteiger partial charge in [0, 0.05) is 10.9 Å². The second kappa shape index (κ2) is 6.18. The van der Waals surface area contributed by atoms with Crippen LogP contribution in [0.3, 0.4) is 0 Å². The second-order valence-electron chi connectivity index (χ2n) is 5.38. The second-order valence-corrected chi connectivity index (χ2v) is 5.38. The molecule has 0 spiro atoms. The van der Waals surface area contributed by atoms with Crippen molar-refractivity contribution in [2.75, 3.05) is 5.73 Å². The Kier molecular flexibility index (Phi) is 4.10. The number of aryl methyl sites for hydroxylation is 2. The van der Waals surface area contributed by atoms with E-state index in [2.05, 4.69) is 30.3 Å². The number of hydrogen-bond acceptors (Lipinski definition) is 2. The molecule has 1 heterocycles. The minimum Gasteiger partial charge on any atom is -0.398 e. The van der Waals surface area contributed by atoms with Crippen LogP contribution in [-0.2, 0) is 12.8 Å². The topological polar surface area (TPSA) is 38.9 Å². The number of aromatic nitrogens is 1. The van der Waals surface area contributed by atoms with Crippen molar-refractivity contribution >= 4 is 16.6 Å². The van der Waals surface area contributed by atoms with Crippen LogP contribution in [0.4, 0.5) is 5.69 Å². The predicted molar refractivity (Wildman–Crippen MR) is 95.0 cm³/mol. The zero-order chi connectivity index (χ0) is 15.5. The van der Waals surface area contributed by atoms with Gasteiger partial charge in [-0.2, -0.15) is 0 Å². The minimum atomic E-state index is 0.875. The molecule has 0 unspecified atom stereocenters. The number of para-hydroxylation sites is 1. The monoisotopic (exact) mass is 290 g/mol. The Morgan fingerprint density at radius 1 is 0.909 bits per heavy atom. The molecular weight excluding hydrogens is 268 g/mol. The first-order valence-electron chi connectivity index (χ1n) is 8.10. The van der Waals surface area contributed by atoms with Crippen LogP contribution in [0, 0.1) is 0 Å². The lowest BCUT2D eigenvalue weighted by Crippen LogP contribution is -2.00. The minimum absolute atomic E-state index is 0.875. The lowest BCUT2D eigenvalue weighted by atomic mass is 9.96. The lowest BCUT2D eigenvalue weighted by Gasteiger charge is -2.14. The fraction of sp³-hybridized carbons (Fsp3) is 0.250. The Balaban J connectivity index is 0.000000693. The molecule has 22 heavy (non-hydrogen) atoms. The van der Waals surface area contributed by atoms with Crippen LogP contribution >= 0.6 is 0 Å². The maximum atomic E-state index is 6.48. The predicted octanol–water partition coefficient (Wildman–Crippen LogP) is 5.00. The highest BCUT2D eigenvalue weighted by Gasteiger charge is 2.19. The molecule has 0 amide bonds. The number of pyridine rings is 1. The molecule has 3 aromatic rings. The van der Waals surface area contributed by atoms with Gasteiger partial charge in [0.25, 0.3) is 0 Å². The Bertz CT molecular complexity index is 806. The van der Waals surface area contributed by atoms with Gasteiger partial charge < -0.3 is 5.73 Å². The SMILES string of the molecule is CC.Nc1c2c(nc3ccccc13)CCCc1ccccc1-2. The lowest BCUT2D eigenvalue weighted by molar-refractivity contribution is 0.818. The molecule has 2 aromatic carbocycles. The third-order valence-electron chi connectivity index (χ3n) is 4.15. The molecule has 0 fully saturated rings. The van der Waals surface area contributed by atoms with Gasteiger partial charge in [-0.05, 0) is 36.5 Å². The van der Waals surface area contributed by atoms with Gasteiger partial charge >= 0.3 is 0 Å². The molecule has 0 saturated carbocycles. The Labute approximate surface area is 132 Å². The first kappa shape index (κ1) is 14.6. The van der Waals surface area contributed by atoms with Gasteiger partial charge in [-0.3, -0.25) is 4.98 Å². The molecule has 0 radical (unpaired) electrons. The molecule has 2 heteroatoms. The molecule has 112 valence electrons. The standard InChI is InChI=1S/C18H16N2.C2H6/c19-18-14-9-3-4-10-15(14)20-16-11-5-7-12-6-1-2-8-13(12)17(16)18;1-2/h1-4,6,8-10H,5,7,11H2,(H2,19,20);1-2H3. The maximum absolute atomic E-state index is 6.48. The zero-order valence-electron chi connectivity index (χ0n) is 13.3. The average molecular weight is 290 g/mol. The van der Waals surface area contributed by atoms with E-state index in [9.17, 15) is 0 Å². The van der Waals surface area contributed by atoms with Crippen LogP contribution in [0.2, 0.25) is 0 Å². The highest BCUT2D eigenvalue weighted by atomic mass is 14.7. The van der Waals surface area contributed by atoms with Crippen molar-refractivity contribution in [3.8, 4) is 11.1 Å². The van der Waals surface area contributed by atoms with E-state index < -0.39 is 0 Å². The summed E-state index contributed by atoms with van der Waals surface area (Å²) in [6.45, 7) is 4.00. The molecule has 2 nitrogen and oxygen atoms in total.